The maximum Gasteiger partial charge on any atom is 0.264 e. The number of methoxy groups -OCH3 is 1. The number of rotatable bonds is 5. The van der Waals surface area contributed by atoms with Crippen LogP contribution in [0, 0.1) is 25.2 Å². The lowest BCUT2D eigenvalue weighted by Gasteiger charge is -2.17. The van der Waals surface area contributed by atoms with Crippen LogP contribution in [0.4, 0.5) is 0 Å². The smallest absolute Gasteiger partial charge is 0.264 e. The third-order valence-electron chi connectivity index (χ3n) is 4.47. The second kappa shape index (κ2) is 7.65. The van der Waals surface area contributed by atoms with Crippen molar-refractivity contribution in [3.05, 3.63) is 28.6 Å². The summed E-state index contributed by atoms with van der Waals surface area (Å²) >= 11 is 0. The number of β-amino-alcohol motifs (C(OH)–C–C–N with tert-alkyl or cyclic N) is 1. The molecule has 1 N–H and O–H groups in total. The van der Waals surface area contributed by atoms with Crippen molar-refractivity contribution in [2.45, 2.75) is 39.3 Å². The topological polar surface area (TPSA) is 78.5 Å². The third-order valence-corrected chi connectivity index (χ3v) is 4.47. The van der Waals surface area contributed by atoms with Gasteiger partial charge in [-0.05, 0) is 44.9 Å². The Morgan fingerprint density at radius 1 is 1.58 bits per heavy atom. The average molecular weight is 331 g/mol. The van der Waals surface area contributed by atoms with Gasteiger partial charge < -0.3 is 19.3 Å². The van der Waals surface area contributed by atoms with Crippen molar-refractivity contribution in [1.82, 2.24) is 9.47 Å². The number of hydrogen-bond acceptors (Lipinski definition) is 4. The van der Waals surface area contributed by atoms with Crippen LogP contribution >= 0.6 is 0 Å². The van der Waals surface area contributed by atoms with Crippen LogP contribution in [-0.4, -0.2) is 53.4 Å². The number of carbonyl (C=O) groups excluding carboxylic acids is 1. The van der Waals surface area contributed by atoms with E-state index in [1.54, 1.807) is 13.2 Å². The molecule has 130 valence electrons. The minimum atomic E-state index is -0.492. The summed E-state index contributed by atoms with van der Waals surface area (Å²) in [6.45, 7) is 7.42. The maximum absolute atomic E-state index is 12.5. The molecule has 0 aromatic carbocycles. The van der Waals surface area contributed by atoms with Gasteiger partial charge in [-0.1, -0.05) is 0 Å². The van der Waals surface area contributed by atoms with E-state index >= 15 is 0 Å². The Labute approximate surface area is 142 Å². The number of likely N-dealkylation sites (tertiary alicyclic amines) is 1. The molecule has 0 spiro atoms. The number of aromatic nitrogens is 1. The van der Waals surface area contributed by atoms with Gasteiger partial charge in [-0.15, -0.1) is 0 Å². The van der Waals surface area contributed by atoms with Gasteiger partial charge in [0.05, 0.1) is 18.8 Å². The SMILES string of the molecule is COCC(C)n1c(C)cc(/C=C(/C#N)C(=O)N2CC[C@@H](O)C2)c1C. The fourth-order valence-electron chi connectivity index (χ4n) is 3.34. The highest BCUT2D eigenvalue weighted by atomic mass is 16.5. The number of carbonyl (C=O) groups is 1. The molecule has 0 bridgehead atoms. The van der Waals surface area contributed by atoms with Crippen LogP contribution in [0.1, 0.15) is 36.3 Å². The van der Waals surface area contributed by atoms with Crippen molar-refractivity contribution < 1.29 is 14.6 Å². The number of amides is 1. The first-order valence-electron chi connectivity index (χ1n) is 8.15. The van der Waals surface area contributed by atoms with Gasteiger partial charge in [-0.3, -0.25) is 4.79 Å². The van der Waals surface area contributed by atoms with Gasteiger partial charge in [0.1, 0.15) is 11.6 Å². The molecule has 24 heavy (non-hydrogen) atoms. The van der Waals surface area contributed by atoms with Crippen molar-refractivity contribution in [1.29, 1.82) is 5.26 Å². The summed E-state index contributed by atoms with van der Waals surface area (Å²) in [6.07, 6.45) is 1.72. The molecule has 0 radical (unpaired) electrons. The quantitative estimate of drug-likeness (QED) is 0.659. The number of nitriles is 1. The maximum atomic E-state index is 12.5. The van der Waals surface area contributed by atoms with E-state index in [2.05, 4.69) is 11.5 Å². The molecule has 1 unspecified atom stereocenters. The first kappa shape index (κ1) is 18.2. The predicted octanol–water partition coefficient (Wildman–Crippen LogP) is 1.81. The van der Waals surface area contributed by atoms with Crippen molar-refractivity contribution >= 4 is 12.0 Å². The van der Waals surface area contributed by atoms with Crippen LogP contribution < -0.4 is 0 Å². The lowest BCUT2D eigenvalue weighted by atomic mass is 10.1. The first-order valence-corrected chi connectivity index (χ1v) is 8.15. The van der Waals surface area contributed by atoms with E-state index in [9.17, 15) is 15.2 Å². The molecule has 6 heteroatoms. The molecular formula is C18H25N3O3. The largest absolute Gasteiger partial charge is 0.391 e. The van der Waals surface area contributed by atoms with Gasteiger partial charge in [0.25, 0.3) is 5.91 Å². The second-order valence-electron chi connectivity index (χ2n) is 6.36. The van der Waals surface area contributed by atoms with Gasteiger partial charge in [0.2, 0.25) is 0 Å². The number of nitrogens with zero attached hydrogens (tertiary/aromatic N) is 3. The summed E-state index contributed by atoms with van der Waals surface area (Å²) in [5.74, 6) is -0.316. The Bertz CT molecular complexity index is 684. The van der Waals surface area contributed by atoms with E-state index < -0.39 is 6.10 Å². The van der Waals surface area contributed by atoms with E-state index in [1.165, 1.54) is 4.90 Å². The molecule has 0 saturated carbocycles. The normalized spacial score (nSPS) is 19.4. The Morgan fingerprint density at radius 3 is 2.83 bits per heavy atom. The van der Waals surface area contributed by atoms with E-state index in [0.717, 1.165) is 17.0 Å². The summed E-state index contributed by atoms with van der Waals surface area (Å²) in [7, 11) is 1.67. The van der Waals surface area contributed by atoms with E-state index in [1.807, 2.05) is 26.0 Å². The zero-order valence-electron chi connectivity index (χ0n) is 14.7. The monoisotopic (exact) mass is 331 g/mol. The summed E-state index contributed by atoms with van der Waals surface area (Å²) in [6, 6.07) is 4.16. The molecular weight excluding hydrogens is 306 g/mol. The fraction of sp³-hybridized carbons (Fsp3) is 0.556. The average Bonchev–Trinajstić information content (AvgIpc) is 3.08. The molecule has 1 aliphatic rings. The van der Waals surface area contributed by atoms with Crippen LogP contribution in [0.25, 0.3) is 6.08 Å². The lowest BCUT2D eigenvalue weighted by Crippen LogP contribution is -2.30. The van der Waals surface area contributed by atoms with E-state index in [4.69, 9.17) is 4.74 Å². The van der Waals surface area contributed by atoms with Gasteiger partial charge in [0.15, 0.2) is 0 Å². The highest BCUT2D eigenvalue weighted by Crippen LogP contribution is 2.23. The summed E-state index contributed by atoms with van der Waals surface area (Å²) < 4.78 is 7.37. The van der Waals surface area contributed by atoms with E-state index in [0.29, 0.717) is 26.1 Å². The molecule has 2 atom stereocenters. The number of aliphatic hydroxyl groups excluding tert-OH is 1. The molecule has 1 amide bonds. The standard InChI is InChI=1S/C18H25N3O3/c1-12-7-15(14(3)21(12)13(2)11-24-4)8-16(9-19)18(23)20-6-5-17(22)10-20/h7-8,13,17,22H,5-6,10-11H2,1-4H3/b16-8-/t13?,17-/m1/s1. The van der Waals surface area contributed by atoms with Crippen LogP contribution in [0.5, 0.6) is 0 Å². The Balaban J connectivity index is 2.30. The Morgan fingerprint density at radius 2 is 2.29 bits per heavy atom. The molecule has 1 aromatic rings. The molecule has 2 rings (SSSR count). The molecule has 1 aliphatic heterocycles. The third kappa shape index (κ3) is 3.69. The number of ether oxygens (including phenoxy) is 1. The van der Waals surface area contributed by atoms with Gasteiger partial charge in [0, 0.05) is 31.6 Å². The minimum Gasteiger partial charge on any atom is -0.391 e. The van der Waals surface area contributed by atoms with Gasteiger partial charge in [-0.2, -0.15) is 5.26 Å². The van der Waals surface area contributed by atoms with Crippen LogP contribution in [0.2, 0.25) is 0 Å². The summed E-state index contributed by atoms with van der Waals surface area (Å²) in [5, 5.41) is 19.0. The minimum absolute atomic E-state index is 0.101. The Hall–Kier alpha value is -2.10. The first-order chi connectivity index (χ1) is 11.4. The van der Waals surface area contributed by atoms with Gasteiger partial charge in [-0.25, -0.2) is 0 Å². The second-order valence-corrected chi connectivity index (χ2v) is 6.36. The zero-order chi connectivity index (χ0) is 17.9. The van der Waals surface area contributed by atoms with Crippen LogP contribution in [0.15, 0.2) is 11.6 Å². The van der Waals surface area contributed by atoms with Gasteiger partial charge >= 0.3 is 0 Å². The van der Waals surface area contributed by atoms with Crippen molar-refractivity contribution in [3.63, 3.8) is 0 Å². The van der Waals surface area contributed by atoms with Crippen molar-refractivity contribution in [2.24, 2.45) is 0 Å². The number of aliphatic hydroxyl groups is 1. The van der Waals surface area contributed by atoms with Crippen molar-refractivity contribution in [3.8, 4) is 6.07 Å². The highest BCUT2D eigenvalue weighted by Gasteiger charge is 2.27. The summed E-state index contributed by atoms with van der Waals surface area (Å²) in [4.78, 5) is 14.0. The van der Waals surface area contributed by atoms with E-state index in [-0.39, 0.29) is 17.5 Å². The zero-order valence-corrected chi connectivity index (χ0v) is 14.7. The molecule has 1 aromatic heterocycles. The van der Waals surface area contributed by atoms with Crippen LogP contribution in [0.3, 0.4) is 0 Å². The predicted molar refractivity (Wildman–Crippen MR) is 91.3 cm³/mol. The van der Waals surface area contributed by atoms with Crippen molar-refractivity contribution in [2.75, 3.05) is 26.8 Å². The number of aryl methyl sites for hydroxylation is 1. The molecule has 2 heterocycles. The highest BCUT2D eigenvalue weighted by molar-refractivity contribution is 6.02. The molecule has 1 saturated heterocycles. The van der Waals surface area contributed by atoms with Crippen LogP contribution in [-0.2, 0) is 9.53 Å². The molecule has 0 aliphatic carbocycles. The molecule has 1 fully saturated rings. The number of hydrogen-bond donors (Lipinski definition) is 1. The lowest BCUT2D eigenvalue weighted by molar-refractivity contribution is -0.125. The summed E-state index contributed by atoms with van der Waals surface area (Å²) in [5.41, 5.74) is 3.02. The Kier molecular flexibility index (Phi) is 5.81. The molecule has 6 nitrogen and oxygen atoms in total. The fourth-order valence-corrected chi connectivity index (χ4v) is 3.34.